The van der Waals surface area contributed by atoms with Gasteiger partial charge in [0.05, 0.1) is 6.61 Å². The topological polar surface area (TPSA) is 59.6 Å². The molecule has 1 saturated heterocycles. The van der Waals surface area contributed by atoms with Gasteiger partial charge in [-0.2, -0.15) is 0 Å². The van der Waals surface area contributed by atoms with Crippen molar-refractivity contribution in [3.8, 4) is 5.75 Å². The molecule has 0 unspecified atom stereocenters. The average Bonchev–Trinajstić information content (AvgIpc) is 3.57. The van der Waals surface area contributed by atoms with Gasteiger partial charge in [-0.05, 0) is 97.9 Å². The Hall–Kier alpha value is -2.37. The van der Waals surface area contributed by atoms with Crippen LogP contribution in [0.2, 0.25) is 0 Å². The second kappa shape index (κ2) is 10.1. The first kappa shape index (κ1) is 21.5. The second-order valence-electron chi connectivity index (χ2n) is 9.65. The molecule has 2 aromatic rings. The minimum absolute atomic E-state index is 0.00472. The van der Waals surface area contributed by atoms with E-state index in [1.54, 1.807) is 0 Å². The van der Waals surface area contributed by atoms with Crippen LogP contribution in [-0.4, -0.2) is 38.3 Å². The standard InChI is InChI=1S/C27H34N2O3/c30-27(22-5-7-26(8-6-22)32-18-20-1-2-20)29-25-14-23-4-3-21(13-24(23)15-25)17-28-16-19-9-11-31-12-10-19/h3-8,13,19-20,25,28H,1-2,9-12,14-18H2,(H,29,30)/t25-/m1/s1. The van der Waals surface area contributed by atoms with Crippen LogP contribution < -0.4 is 15.4 Å². The molecule has 1 atom stereocenters. The number of ether oxygens (including phenoxy) is 2. The Kier molecular flexibility index (Phi) is 6.75. The van der Waals surface area contributed by atoms with Crippen molar-refractivity contribution in [2.75, 3.05) is 26.4 Å². The highest BCUT2D eigenvalue weighted by Gasteiger charge is 2.24. The zero-order valence-electron chi connectivity index (χ0n) is 18.8. The lowest BCUT2D eigenvalue weighted by Gasteiger charge is -2.22. The first-order valence-corrected chi connectivity index (χ1v) is 12.2. The molecule has 2 aromatic carbocycles. The molecule has 0 aromatic heterocycles. The predicted octanol–water partition coefficient (Wildman–Crippen LogP) is 3.89. The number of hydrogen-bond acceptors (Lipinski definition) is 4. The van der Waals surface area contributed by atoms with Gasteiger partial charge in [0.15, 0.2) is 0 Å². The monoisotopic (exact) mass is 434 g/mol. The van der Waals surface area contributed by atoms with Crippen molar-refractivity contribution in [2.45, 2.75) is 51.1 Å². The molecule has 2 aliphatic carbocycles. The lowest BCUT2D eigenvalue weighted by atomic mass is 10.0. The molecule has 0 bridgehead atoms. The minimum Gasteiger partial charge on any atom is -0.493 e. The van der Waals surface area contributed by atoms with Crippen molar-refractivity contribution in [1.82, 2.24) is 10.6 Å². The largest absolute Gasteiger partial charge is 0.493 e. The van der Waals surface area contributed by atoms with E-state index in [1.165, 1.54) is 29.5 Å². The van der Waals surface area contributed by atoms with Gasteiger partial charge in [-0.25, -0.2) is 0 Å². The maximum atomic E-state index is 12.7. The van der Waals surface area contributed by atoms with Crippen LogP contribution in [0.4, 0.5) is 0 Å². The fourth-order valence-corrected chi connectivity index (χ4v) is 4.72. The second-order valence-corrected chi connectivity index (χ2v) is 9.65. The van der Waals surface area contributed by atoms with Crippen molar-refractivity contribution >= 4 is 5.91 Å². The molecule has 5 nitrogen and oxygen atoms in total. The number of nitrogens with one attached hydrogen (secondary N) is 2. The van der Waals surface area contributed by atoms with E-state index in [1.807, 2.05) is 24.3 Å². The van der Waals surface area contributed by atoms with Crippen molar-refractivity contribution in [3.63, 3.8) is 0 Å². The predicted molar refractivity (Wildman–Crippen MR) is 125 cm³/mol. The number of amides is 1. The van der Waals surface area contributed by atoms with Gasteiger partial charge in [0, 0.05) is 31.4 Å². The van der Waals surface area contributed by atoms with E-state index >= 15 is 0 Å². The molecule has 1 amide bonds. The van der Waals surface area contributed by atoms with Crippen LogP contribution in [0.5, 0.6) is 5.75 Å². The van der Waals surface area contributed by atoms with Crippen LogP contribution >= 0.6 is 0 Å². The molecule has 32 heavy (non-hydrogen) atoms. The fraction of sp³-hybridized carbons (Fsp3) is 0.519. The Morgan fingerprint density at radius 2 is 1.72 bits per heavy atom. The lowest BCUT2D eigenvalue weighted by Crippen LogP contribution is -2.35. The summed E-state index contributed by atoms with van der Waals surface area (Å²) in [5, 5.41) is 6.84. The number of fused-ring (bicyclic) bond motifs is 1. The molecule has 3 aliphatic rings. The number of rotatable bonds is 9. The van der Waals surface area contributed by atoms with Crippen LogP contribution in [0.25, 0.3) is 0 Å². The smallest absolute Gasteiger partial charge is 0.251 e. The van der Waals surface area contributed by atoms with Crippen LogP contribution in [0.1, 0.15) is 52.7 Å². The van der Waals surface area contributed by atoms with E-state index in [0.29, 0.717) is 5.56 Å². The van der Waals surface area contributed by atoms with Crippen molar-refractivity contribution in [3.05, 3.63) is 64.7 Å². The normalized spacial score (nSPS) is 20.7. The van der Waals surface area contributed by atoms with Gasteiger partial charge >= 0.3 is 0 Å². The van der Waals surface area contributed by atoms with E-state index in [2.05, 4.69) is 28.8 Å². The molecular weight excluding hydrogens is 400 g/mol. The third-order valence-corrected chi connectivity index (χ3v) is 6.94. The Morgan fingerprint density at radius 1 is 0.938 bits per heavy atom. The third kappa shape index (κ3) is 5.70. The SMILES string of the molecule is O=C(N[C@@H]1Cc2ccc(CNCC3CCOCC3)cc2C1)c1ccc(OCC2CC2)cc1. The van der Waals surface area contributed by atoms with Gasteiger partial charge in [0.1, 0.15) is 5.75 Å². The molecular formula is C27H34N2O3. The van der Waals surface area contributed by atoms with Crippen LogP contribution in [0, 0.1) is 11.8 Å². The Labute approximate surface area is 190 Å². The average molecular weight is 435 g/mol. The highest BCUT2D eigenvalue weighted by molar-refractivity contribution is 5.94. The fourth-order valence-electron chi connectivity index (χ4n) is 4.72. The number of hydrogen-bond donors (Lipinski definition) is 2. The molecule has 5 heteroatoms. The van der Waals surface area contributed by atoms with Gasteiger partial charge in [-0.3, -0.25) is 4.79 Å². The van der Waals surface area contributed by atoms with Crippen LogP contribution in [0.3, 0.4) is 0 Å². The minimum atomic E-state index is -0.00472. The first-order valence-electron chi connectivity index (χ1n) is 12.2. The molecule has 1 saturated carbocycles. The number of benzene rings is 2. The molecule has 1 heterocycles. The van der Waals surface area contributed by atoms with E-state index in [4.69, 9.17) is 9.47 Å². The van der Waals surface area contributed by atoms with E-state index in [9.17, 15) is 4.79 Å². The zero-order valence-corrected chi connectivity index (χ0v) is 18.8. The summed E-state index contributed by atoms with van der Waals surface area (Å²) < 4.78 is 11.2. The molecule has 5 rings (SSSR count). The Bertz CT molecular complexity index is 917. The van der Waals surface area contributed by atoms with Gasteiger partial charge in [0.2, 0.25) is 0 Å². The molecule has 170 valence electrons. The highest BCUT2D eigenvalue weighted by Crippen LogP contribution is 2.29. The zero-order chi connectivity index (χ0) is 21.8. The third-order valence-electron chi connectivity index (χ3n) is 6.94. The summed E-state index contributed by atoms with van der Waals surface area (Å²) in [7, 11) is 0. The van der Waals surface area contributed by atoms with Gasteiger partial charge in [-0.15, -0.1) is 0 Å². The van der Waals surface area contributed by atoms with E-state index < -0.39 is 0 Å². The van der Waals surface area contributed by atoms with Crippen LogP contribution in [-0.2, 0) is 24.1 Å². The van der Waals surface area contributed by atoms with Gasteiger partial charge in [-0.1, -0.05) is 18.2 Å². The summed E-state index contributed by atoms with van der Waals surface area (Å²) in [5.74, 6) is 2.30. The summed E-state index contributed by atoms with van der Waals surface area (Å²) >= 11 is 0. The van der Waals surface area contributed by atoms with E-state index in [0.717, 1.165) is 76.2 Å². The maximum Gasteiger partial charge on any atom is 0.251 e. The van der Waals surface area contributed by atoms with Gasteiger partial charge in [0.25, 0.3) is 5.91 Å². The van der Waals surface area contributed by atoms with Crippen molar-refractivity contribution < 1.29 is 14.3 Å². The van der Waals surface area contributed by atoms with Gasteiger partial charge < -0.3 is 20.1 Å². The number of carbonyl (C=O) groups excluding carboxylic acids is 1. The van der Waals surface area contributed by atoms with Crippen molar-refractivity contribution in [2.24, 2.45) is 11.8 Å². The molecule has 0 spiro atoms. The lowest BCUT2D eigenvalue weighted by molar-refractivity contribution is 0.0662. The highest BCUT2D eigenvalue weighted by atomic mass is 16.5. The Balaban J connectivity index is 1.09. The Morgan fingerprint density at radius 3 is 2.50 bits per heavy atom. The number of carbonyl (C=O) groups is 1. The molecule has 1 aliphatic heterocycles. The summed E-state index contributed by atoms with van der Waals surface area (Å²) in [6, 6.07) is 14.5. The summed E-state index contributed by atoms with van der Waals surface area (Å²) in [6.07, 6.45) is 6.68. The quantitative estimate of drug-likeness (QED) is 0.629. The maximum absolute atomic E-state index is 12.7. The summed E-state index contributed by atoms with van der Waals surface area (Å²) in [5.41, 5.74) is 4.74. The first-order chi connectivity index (χ1) is 15.7. The van der Waals surface area contributed by atoms with Crippen LogP contribution in [0.15, 0.2) is 42.5 Å². The molecule has 2 fully saturated rings. The molecule has 0 radical (unpaired) electrons. The molecule has 2 N–H and O–H groups in total. The van der Waals surface area contributed by atoms with Crippen molar-refractivity contribution in [1.29, 1.82) is 0 Å². The summed E-state index contributed by atoms with van der Waals surface area (Å²) in [4.78, 5) is 12.7. The summed E-state index contributed by atoms with van der Waals surface area (Å²) in [6.45, 7) is 4.55. The van der Waals surface area contributed by atoms with E-state index in [-0.39, 0.29) is 11.9 Å².